The summed E-state index contributed by atoms with van der Waals surface area (Å²) in [5, 5.41) is 3.06. The third kappa shape index (κ3) is 2.10. The summed E-state index contributed by atoms with van der Waals surface area (Å²) < 4.78 is 5.14. The molecule has 4 nitrogen and oxygen atoms in total. The van der Waals surface area contributed by atoms with Crippen LogP contribution in [0, 0.1) is 6.92 Å². The first-order valence-corrected chi connectivity index (χ1v) is 4.39. The number of oxazole rings is 1. The van der Waals surface area contributed by atoms with Crippen LogP contribution >= 0.6 is 0 Å². The Morgan fingerprint density at radius 1 is 1.50 bits per heavy atom. The third-order valence-electron chi connectivity index (χ3n) is 1.79. The van der Waals surface area contributed by atoms with Gasteiger partial charge >= 0.3 is 0 Å². The van der Waals surface area contributed by atoms with Gasteiger partial charge in [0.25, 0.3) is 6.01 Å². The van der Waals surface area contributed by atoms with Gasteiger partial charge < -0.3 is 9.73 Å². The molecule has 14 heavy (non-hydrogen) atoms. The smallest absolute Gasteiger partial charge is 0.294 e. The van der Waals surface area contributed by atoms with Gasteiger partial charge in [0.15, 0.2) is 0 Å². The summed E-state index contributed by atoms with van der Waals surface area (Å²) in [6.07, 6.45) is 5.17. The molecule has 4 heteroatoms. The highest BCUT2D eigenvalue weighted by molar-refractivity contribution is 5.23. The predicted molar refractivity (Wildman–Crippen MR) is 52.8 cm³/mol. The number of hydrogen-bond acceptors (Lipinski definition) is 4. The van der Waals surface area contributed by atoms with Crippen LogP contribution in [0.4, 0.5) is 6.01 Å². The lowest BCUT2D eigenvalue weighted by Gasteiger charge is -1.99. The monoisotopic (exact) mass is 189 g/mol. The fourth-order valence-electron chi connectivity index (χ4n) is 1.12. The van der Waals surface area contributed by atoms with Gasteiger partial charge in [0.05, 0.1) is 5.69 Å². The van der Waals surface area contributed by atoms with Crippen molar-refractivity contribution in [2.24, 2.45) is 0 Å². The predicted octanol–water partition coefficient (Wildman–Crippen LogP) is 1.99. The lowest BCUT2D eigenvalue weighted by atomic mass is 10.3. The Hall–Kier alpha value is -1.84. The van der Waals surface area contributed by atoms with E-state index >= 15 is 0 Å². The molecule has 0 aliphatic carbocycles. The summed E-state index contributed by atoms with van der Waals surface area (Å²) in [5.41, 5.74) is 1.97. The van der Waals surface area contributed by atoms with Crippen molar-refractivity contribution in [1.82, 2.24) is 9.97 Å². The van der Waals surface area contributed by atoms with Crippen LogP contribution in [-0.2, 0) is 6.54 Å². The zero-order valence-electron chi connectivity index (χ0n) is 7.90. The number of pyridine rings is 1. The second kappa shape index (κ2) is 3.91. The van der Waals surface area contributed by atoms with Crippen molar-refractivity contribution in [3.63, 3.8) is 0 Å². The summed E-state index contributed by atoms with van der Waals surface area (Å²) in [6.45, 7) is 2.56. The van der Waals surface area contributed by atoms with E-state index in [-0.39, 0.29) is 0 Å². The van der Waals surface area contributed by atoms with Crippen molar-refractivity contribution >= 4 is 6.01 Å². The Kier molecular flexibility index (Phi) is 2.44. The number of anilines is 1. The number of rotatable bonds is 3. The van der Waals surface area contributed by atoms with Gasteiger partial charge in [0, 0.05) is 18.9 Å². The molecule has 0 bridgehead atoms. The molecule has 0 aliphatic rings. The molecule has 0 fully saturated rings. The minimum atomic E-state index is 0.548. The lowest BCUT2D eigenvalue weighted by molar-refractivity contribution is 0.570. The largest absolute Gasteiger partial charge is 0.432 e. The second-order valence-corrected chi connectivity index (χ2v) is 3.01. The maximum Gasteiger partial charge on any atom is 0.294 e. The van der Waals surface area contributed by atoms with E-state index in [2.05, 4.69) is 15.3 Å². The van der Waals surface area contributed by atoms with Crippen LogP contribution in [0.3, 0.4) is 0 Å². The van der Waals surface area contributed by atoms with Crippen LogP contribution in [0.5, 0.6) is 0 Å². The first-order chi connectivity index (χ1) is 6.84. The molecule has 0 atom stereocenters. The molecular weight excluding hydrogens is 178 g/mol. The standard InChI is InChI=1S/C10H11N3O/c1-8-7-14-10(13-8)12-6-9-3-2-4-11-5-9/h2-5,7H,6H2,1H3,(H,12,13). The topological polar surface area (TPSA) is 51.0 Å². The van der Waals surface area contributed by atoms with Crippen LogP contribution in [0.25, 0.3) is 0 Å². The van der Waals surface area contributed by atoms with E-state index in [1.807, 2.05) is 25.3 Å². The molecule has 0 spiro atoms. The summed E-state index contributed by atoms with van der Waals surface area (Å²) in [7, 11) is 0. The van der Waals surface area contributed by atoms with E-state index in [9.17, 15) is 0 Å². The first kappa shape index (κ1) is 8.74. The Morgan fingerprint density at radius 3 is 3.07 bits per heavy atom. The van der Waals surface area contributed by atoms with Gasteiger partial charge in [-0.05, 0) is 18.6 Å². The SMILES string of the molecule is Cc1coc(NCc2cccnc2)n1. The first-order valence-electron chi connectivity index (χ1n) is 4.39. The molecule has 0 aliphatic heterocycles. The summed E-state index contributed by atoms with van der Waals surface area (Å²) in [6, 6.07) is 4.44. The highest BCUT2D eigenvalue weighted by Gasteiger charge is 1.98. The fraction of sp³-hybridized carbons (Fsp3) is 0.200. The average Bonchev–Trinajstić information content (AvgIpc) is 2.63. The van der Waals surface area contributed by atoms with Crippen molar-refractivity contribution in [2.75, 3.05) is 5.32 Å². The molecule has 0 amide bonds. The minimum Gasteiger partial charge on any atom is -0.432 e. The van der Waals surface area contributed by atoms with Crippen LogP contribution < -0.4 is 5.32 Å². The van der Waals surface area contributed by atoms with Gasteiger partial charge in [-0.1, -0.05) is 6.07 Å². The molecule has 0 unspecified atom stereocenters. The Labute approximate surface area is 82.0 Å². The molecule has 0 radical (unpaired) electrons. The van der Waals surface area contributed by atoms with Crippen LogP contribution in [0.1, 0.15) is 11.3 Å². The van der Waals surface area contributed by atoms with Crippen LogP contribution in [0.2, 0.25) is 0 Å². The quantitative estimate of drug-likeness (QED) is 0.802. The molecule has 1 N–H and O–H groups in total. The Balaban J connectivity index is 1.95. The maximum atomic E-state index is 5.14. The minimum absolute atomic E-state index is 0.548. The second-order valence-electron chi connectivity index (χ2n) is 3.01. The number of aromatic nitrogens is 2. The van der Waals surface area contributed by atoms with E-state index in [4.69, 9.17) is 4.42 Å². The van der Waals surface area contributed by atoms with E-state index in [1.54, 1.807) is 12.5 Å². The van der Waals surface area contributed by atoms with Gasteiger partial charge in [0.2, 0.25) is 0 Å². The van der Waals surface area contributed by atoms with Gasteiger partial charge in [-0.2, -0.15) is 4.98 Å². The number of aryl methyl sites for hydroxylation is 1. The number of nitrogens with one attached hydrogen (secondary N) is 1. The van der Waals surface area contributed by atoms with E-state index < -0.39 is 0 Å². The summed E-state index contributed by atoms with van der Waals surface area (Å²) in [4.78, 5) is 8.14. The van der Waals surface area contributed by atoms with Crippen molar-refractivity contribution in [2.45, 2.75) is 13.5 Å². The van der Waals surface area contributed by atoms with Crippen molar-refractivity contribution in [3.05, 3.63) is 42.0 Å². The van der Waals surface area contributed by atoms with Crippen molar-refractivity contribution < 1.29 is 4.42 Å². The van der Waals surface area contributed by atoms with Crippen molar-refractivity contribution in [3.8, 4) is 0 Å². The van der Waals surface area contributed by atoms with Crippen molar-refractivity contribution in [1.29, 1.82) is 0 Å². The lowest BCUT2D eigenvalue weighted by Crippen LogP contribution is -1.99. The maximum absolute atomic E-state index is 5.14. The zero-order valence-corrected chi connectivity index (χ0v) is 7.90. The van der Waals surface area contributed by atoms with Crippen LogP contribution in [0.15, 0.2) is 35.2 Å². The van der Waals surface area contributed by atoms with Gasteiger partial charge in [-0.15, -0.1) is 0 Å². The van der Waals surface area contributed by atoms with Gasteiger partial charge in [-0.25, -0.2) is 0 Å². The molecule has 2 aromatic rings. The third-order valence-corrected chi connectivity index (χ3v) is 1.79. The molecule has 0 aromatic carbocycles. The van der Waals surface area contributed by atoms with Gasteiger partial charge in [-0.3, -0.25) is 4.98 Å². The summed E-state index contributed by atoms with van der Waals surface area (Å²) >= 11 is 0. The molecule has 2 rings (SSSR count). The van der Waals surface area contributed by atoms with E-state index in [1.165, 1.54) is 0 Å². The number of nitrogens with zero attached hydrogens (tertiary/aromatic N) is 2. The molecule has 0 saturated heterocycles. The van der Waals surface area contributed by atoms with Crippen LogP contribution in [-0.4, -0.2) is 9.97 Å². The molecule has 72 valence electrons. The number of hydrogen-bond donors (Lipinski definition) is 1. The fourth-order valence-corrected chi connectivity index (χ4v) is 1.12. The highest BCUT2D eigenvalue weighted by atomic mass is 16.4. The molecule has 2 heterocycles. The Bertz CT molecular complexity index is 397. The molecular formula is C10H11N3O. The van der Waals surface area contributed by atoms with Gasteiger partial charge in [0.1, 0.15) is 6.26 Å². The molecule has 0 saturated carbocycles. The van der Waals surface area contributed by atoms with E-state index in [0.29, 0.717) is 12.6 Å². The normalized spacial score (nSPS) is 10.1. The zero-order chi connectivity index (χ0) is 9.80. The molecule has 2 aromatic heterocycles. The Morgan fingerprint density at radius 2 is 2.43 bits per heavy atom. The highest BCUT2D eigenvalue weighted by Crippen LogP contribution is 2.07. The average molecular weight is 189 g/mol. The van der Waals surface area contributed by atoms with E-state index in [0.717, 1.165) is 11.3 Å². The summed E-state index contributed by atoms with van der Waals surface area (Å²) in [5.74, 6) is 0.